The summed E-state index contributed by atoms with van der Waals surface area (Å²) in [5.74, 6) is -2.82. The number of carbonyl (C=O) groups is 3. The molecule has 0 unspecified atom stereocenters. The molecule has 2 rings (SSSR count). The number of hydrogen-bond donors (Lipinski definition) is 3. The second kappa shape index (κ2) is 5.86. The molecule has 0 aromatic carbocycles. The highest BCUT2D eigenvalue weighted by Crippen LogP contribution is 2.25. The lowest BCUT2D eigenvalue weighted by molar-refractivity contribution is -0.147. The molecule has 0 spiro atoms. The third-order valence-electron chi connectivity index (χ3n) is 3.45. The molecule has 0 heterocycles. The van der Waals surface area contributed by atoms with E-state index in [1.54, 1.807) is 6.08 Å². The van der Waals surface area contributed by atoms with E-state index in [0.29, 0.717) is 12.8 Å². The quantitative estimate of drug-likeness (QED) is 0.613. The fourth-order valence-electron chi connectivity index (χ4n) is 2.18. The third-order valence-corrected chi connectivity index (χ3v) is 3.45. The van der Waals surface area contributed by atoms with Gasteiger partial charge in [0.05, 0.1) is 18.4 Å². The largest absolute Gasteiger partial charge is 0.481 e. The van der Waals surface area contributed by atoms with Gasteiger partial charge < -0.3 is 15.7 Å². The van der Waals surface area contributed by atoms with Gasteiger partial charge in [0.25, 0.3) is 0 Å². The molecule has 3 N–H and O–H groups in total. The number of aliphatic carboxylic acids is 1. The van der Waals surface area contributed by atoms with E-state index in [2.05, 4.69) is 10.6 Å². The molecule has 6 nitrogen and oxygen atoms in total. The fourth-order valence-corrected chi connectivity index (χ4v) is 2.18. The average Bonchev–Trinajstić information content (AvgIpc) is 3.19. The number of rotatable bonds is 5. The van der Waals surface area contributed by atoms with Crippen molar-refractivity contribution >= 4 is 17.8 Å². The summed E-state index contributed by atoms with van der Waals surface area (Å²) in [4.78, 5) is 34.4. The van der Waals surface area contributed by atoms with Crippen LogP contribution in [0.25, 0.3) is 0 Å². The molecule has 2 atom stereocenters. The zero-order valence-corrected chi connectivity index (χ0v) is 10.6. The monoisotopic (exact) mass is 266 g/mol. The van der Waals surface area contributed by atoms with Gasteiger partial charge in [0.15, 0.2) is 0 Å². The number of allylic oxidation sites excluding steroid dienone is 2. The van der Waals surface area contributed by atoms with Crippen LogP contribution in [0.3, 0.4) is 0 Å². The molecule has 0 saturated heterocycles. The van der Waals surface area contributed by atoms with Crippen LogP contribution in [0.15, 0.2) is 12.2 Å². The summed E-state index contributed by atoms with van der Waals surface area (Å²) < 4.78 is 0. The van der Waals surface area contributed by atoms with Crippen LogP contribution < -0.4 is 10.6 Å². The number of carboxylic acid groups (broad SMARTS) is 1. The fraction of sp³-hybridized carbons (Fsp3) is 0.615. The lowest BCUT2D eigenvalue weighted by Crippen LogP contribution is -2.43. The first-order valence-corrected chi connectivity index (χ1v) is 6.53. The normalized spacial score (nSPS) is 25.7. The lowest BCUT2D eigenvalue weighted by atomic mass is 9.82. The predicted molar refractivity (Wildman–Crippen MR) is 67.2 cm³/mol. The second-order valence-corrected chi connectivity index (χ2v) is 5.05. The summed E-state index contributed by atoms with van der Waals surface area (Å²) in [7, 11) is 0. The van der Waals surface area contributed by atoms with Crippen molar-refractivity contribution in [1.82, 2.24) is 10.6 Å². The van der Waals surface area contributed by atoms with Gasteiger partial charge in [-0.25, -0.2) is 0 Å². The Hall–Kier alpha value is -1.85. The van der Waals surface area contributed by atoms with Crippen LogP contribution in [0.2, 0.25) is 0 Å². The number of nitrogens with one attached hydrogen (secondary N) is 2. The molecule has 2 aliphatic rings. The van der Waals surface area contributed by atoms with Gasteiger partial charge >= 0.3 is 5.97 Å². The van der Waals surface area contributed by atoms with Gasteiger partial charge in [0, 0.05) is 6.04 Å². The maximum absolute atomic E-state index is 11.9. The summed E-state index contributed by atoms with van der Waals surface area (Å²) in [6.45, 7) is -0.0815. The molecule has 19 heavy (non-hydrogen) atoms. The average molecular weight is 266 g/mol. The third kappa shape index (κ3) is 3.81. The van der Waals surface area contributed by atoms with E-state index in [0.717, 1.165) is 12.8 Å². The summed E-state index contributed by atoms with van der Waals surface area (Å²) >= 11 is 0. The van der Waals surface area contributed by atoms with Crippen molar-refractivity contribution < 1.29 is 19.5 Å². The number of carboxylic acids is 1. The maximum Gasteiger partial charge on any atom is 0.307 e. The van der Waals surface area contributed by atoms with E-state index >= 15 is 0 Å². The molecule has 0 aromatic heterocycles. The van der Waals surface area contributed by atoms with Gasteiger partial charge in [-0.05, 0) is 25.7 Å². The number of amides is 2. The number of carbonyl (C=O) groups excluding carboxylic acids is 2. The minimum Gasteiger partial charge on any atom is -0.481 e. The summed E-state index contributed by atoms with van der Waals surface area (Å²) in [6, 6.07) is 0.258. The van der Waals surface area contributed by atoms with Gasteiger partial charge in [-0.2, -0.15) is 0 Å². The first-order valence-electron chi connectivity index (χ1n) is 6.53. The Morgan fingerprint density at radius 2 is 1.74 bits per heavy atom. The molecule has 0 aromatic rings. The molecule has 104 valence electrons. The van der Waals surface area contributed by atoms with Gasteiger partial charge in [0.1, 0.15) is 0 Å². The minimum absolute atomic E-state index is 0.0815. The molecule has 1 saturated carbocycles. The Bertz CT molecular complexity index is 415. The van der Waals surface area contributed by atoms with Gasteiger partial charge in [0.2, 0.25) is 11.8 Å². The molecule has 0 bridgehead atoms. The topological polar surface area (TPSA) is 95.5 Å². The van der Waals surface area contributed by atoms with Crippen LogP contribution in [0.1, 0.15) is 25.7 Å². The maximum atomic E-state index is 11.9. The van der Waals surface area contributed by atoms with Crippen LogP contribution in [-0.4, -0.2) is 35.5 Å². The highest BCUT2D eigenvalue weighted by Gasteiger charge is 2.34. The molecule has 1 fully saturated rings. The van der Waals surface area contributed by atoms with Crippen LogP contribution in [-0.2, 0) is 14.4 Å². The Morgan fingerprint density at radius 1 is 1.11 bits per heavy atom. The van der Waals surface area contributed by atoms with E-state index in [9.17, 15) is 14.4 Å². The predicted octanol–water partition coefficient (Wildman–Crippen LogP) is 0.0482. The first-order chi connectivity index (χ1) is 9.08. The molecule has 6 heteroatoms. The van der Waals surface area contributed by atoms with Gasteiger partial charge in [-0.15, -0.1) is 0 Å². The van der Waals surface area contributed by atoms with E-state index in [-0.39, 0.29) is 24.4 Å². The Morgan fingerprint density at radius 3 is 2.32 bits per heavy atom. The molecular weight excluding hydrogens is 248 g/mol. The minimum atomic E-state index is -0.966. The summed E-state index contributed by atoms with van der Waals surface area (Å²) in [6.07, 6.45) is 6.35. The molecular formula is C13H18N2O4. The van der Waals surface area contributed by atoms with Crippen LogP contribution in [0.4, 0.5) is 0 Å². The Labute approximate surface area is 111 Å². The van der Waals surface area contributed by atoms with Gasteiger partial charge in [-0.1, -0.05) is 12.2 Å². The summed E-state index contributed by atoms with van der Waals surface area (Å²) in [5.41, 5.74) is 0. The van der Waals surface area contributed by atoms with Crippen molar-refractivity contribution in [2.75, 3.05) is 6.54 Å². The SMILES string of the molecule is O=C(CNC(=O)[C@@H]1CC=CC[C@@H]1C(=O)O)NC1CC1. The van der Waals surface area contributed by atoms with Gasteiger partial charge in [-0.3, -0.25) is 14.4 Å². The highest BCUT2D eigenvalue weighted by atomic mass is 16.4. The van der Waals surface area contributed by atoms with E-state index in [4.69, 9.17) is 5.11 Å². The van der Waals surface area contributed by atoms with Crippen LogP contribution >= 0.6 is 0 Å². The zero-order valence-electron chi connectivity index (χ0n) is 10.6. The van der Waals surface area contributed by atoms with Crippen molar-refractivity contribution in [3.8, 4) is 0 Å². The van der Waals surface area contributed by atoms with Crippen LogP contribution in [0, 0.1) is 11.8 Å². The van der Waals surface area contributed by atoms with Crippen molar-refractivity contribution in [1.29, 1.82) is 0 Å². The van der Waals surface area contributed by atoms with Crippen molar-refractivity contribution in [2.45, 2.75) is 31.7 Å². The summed E-state index contributed by atoms with van der Waals surface area (Å²) in [5, 5.41) is 14.4. The van der Waals surface area contributed by atoms with Crippen molar-refractivity contribution in [2.24, 2.45) is 11.8 Å². The number of hydrogen-bond acceptors (Lipinski definition) is 3. The molecule has 0 aliphatic heterocycles. The molecule has 0 radical (unpaired) electrons. The lowest BCUT2D eigenvalue weighted by Gasteiger charge is -2.24. The highest BCUT2D eigenvalue weighted by molar-refractivity contribution is 5.89. The zero-order chi connectivity index (χ0) is 13.8. The molecule has 2 amide bonds. The molecule has 2 aliphatic carbocycles. The first kappa shape index (κ1) is 13.6. The van der Waals surface area contributed by atoms with Crippen molar-refractivity contribution in [3.63, 3.8) is 0 Å². The van der Waals surface area contributed by atoms with E-state index < -0.39 is 17.8 Å². The van der Waals surface area contributed by atoms with Crippen molar-refractivity contribution in [3.05, 3.63) is 12.2 Å². The Kier molecular flexibility index (Phi) is 4.19. The smallest absolute Gasteiger partial charge is 0.307 e. The van der Waals surface area contributed by atoms with E-state index in [1.807, 2.05) is 6.08 Å². The standard InChI is InChI=1S/C13H18N2O4/c16-11(15-8-5-6-8)7-14-12(17)9-3-1-2-4-10(9)13(18)19/h1-2,8-10H,3-7H2,(H,14,17)(H,15,16)(H,18,19)/t9-,10+/m1/s1. The van der Waals surface area contributed by atoms with E-state index in [1.165, 1.54) is 0 Å². The Balaban J connectivity index is 1.81. The van der Waals surface area contributed by atoms with Crippen LogP contribution in [0.5, 0.6) is 0 Å². The second-order valence-electron chi connectivity index (χ2n) is 5.05.